The van der Waals surface area contributed by atoms with Gasteiger partial charge in [0.1, 0.15) is 11.6 Å². The summed E-state index contributed by atoms with van der Waals surface area (Å²) in [6.07, 6.45) is 1.99. The quantitative estimate of drug-likeness (QED) is 0.843. The maximum atomic E-state index is 13.5. The van der Waals surface area contributed by atoms with Gasteiger partial charge in [0.05, 0.1) is 12.7 Å². The molecule has 0 radical (unpaired) electrons. The second-order valence-electron chi connectivity index (χ2n) is 5.49. The molecule has 0 atom stereocenters. The summed E-state index contributed by atoms with van der Waals surface area (Å²) in [5.41, 5.74) is 1.35. The van der Waals surface area contributed by atoms with Crippen molar-refractivity contribution in [3.8, 4) is 5.75 Å². The highest BCUT2D eigenvalue weighted by molar-refractivity contribution is 5.97. The molecule has 1 aliphatic carbocycles. The van der Waals surface area contributed by atoms with Crippen LogP contribution in [0.15, 0.2) is 48.5 Å². The van der Waals surface area contributed by atoms with Crippen LogP contribution < -0.4 is 4.74 Å². The third-order valence-electron chi connectivity index (χ3n) is 3.84. The van der Waals surface area contributed by atoms with Crippen LogP contribution in [-0.2, 0) is 6.54 Å². The molecule has 0 spiro atoms. The summed E-state index contributed by atoms with van der Waals surface area (Å²) in [6, 6.07) is 14.1. The van der Waals surface area contributed by atoms with Gasteiger partial charge in [-0.25, -0.2) is 4.39 Å². The summed E-state index contributed by atoms with van der Waals surface area (Å²) >= 11 is 0. The van der Waals surface area contributed by atoms with Crippen molar-refractivity contribution in [3.63, 3.8) is 0 Å². The molecule has 0 unspecified atom stereocenters. The fourth-order valence-electron chi connectivity index (χ4n) is 2.54. The van der Waals surface area contributed by atoms with Crippen LogP contribution in [0.5, 0.6) is 5.75 Å². The highest BCUT2D eigenvalue weighted by Gasteiger charge is 2.34. The Morgan fingerprint density at radius 3 is 2.59 bits per heavy atom. The van der Waals surface area contributed by atoms with Crippen LogP contribution in [0.3, 0.4) is 0 Å². The van der Waals surface area contributed by atoms with Crippen LogP contribution in [0.4, 0.5) is 4.39 Å². The van der Waals surface area contributed by atoms with Crippen LogP contribution in [-0.4, -0.2) is 24.0 Å². The molecule has 1 fully saturated rings. The molecule has 0 N–H and O–H groups in total. The minimum absolute atomic E-state index is 0.178. The van der Waals surface area contributed by atoms with Crippen molar-refractivity contribution in [2.45, 2.75) is 25.4 Å². The van der Waals surface area contributed by atoms with Crippen LogP contribution in [0.1, 0.15) is 28.8 Å². The van der Waals surface area contributed by atoms with Crippen LogP contribution in [0.2, 0.25) is 0 Å². The van der Waals surface area contributed by atoms with Gasteiger partial charge in [-0.05, 0) is 36.6 Å². The zero-order chi connectivity index (χ0) is 15.5. The van der Waals surface area contributed by atoms with E-state index in [9.17, 15) is 9.18 Å². The Labute approximate surface area is 129 Å². The third kappa shape index (κ3) is 3.11. The molecule has 1 amide bonds. The minimum atomic E-state index is -0.431. The maximum absolute atomic E-state index is 13.5. The number of halogens is 1. The minimum Gasteiger partial charge on any atom is -0.496 e. The van der Waals surface area contributed by atoms with Crippen molar-refractivity contribution in [1.29, 1.82) is 0 Å². The number of ether oxygens (including phenoxy) is 1. The van der Waals surface area contributed by atoms with Gasteiger partial charge in [0.2, 0.25) is 0 Å². The average molecular weight is 299 g/mol. The van der Waals surface area contributed by atoms with Gasteiger partial charge in [0, 0.05) is 12.6 Å². The number of methoxy groups -OCH3 is 1. The predicted octanol–water partition coefficient (Wildman–Crippen LogP) is 3.64. The van der Waals surface area contributed by atoms with E-state index in [0.717, 1.165) is 18.4 Å². The van der Waals surface area contributed by atoms with Crippen molar-refractivity contribution in [2.24, 2.45) is 0 Å². The third-order valence-corrected chi connectivity index (χ3v) is 3.84. The lowest BCUT2D eigenvalue weighted by atomic mass is 10.1. The zero-order valence-electron chi connectivity index (χ0n) is 12.5. The normalized spacial score (nSPS) is 13.7. The molecule has 0 aliphatic heterocycles. The molecule has 0 heterocycles. The summed E-state index contributed by atoms with van der Waals surface area (Å²) in [4.78, 5) is 14.7. The van der Waals surface area contributed by atoms with E-state index < -0.39 is 5.82 Å². The second kappa shape index (κ2) is 6.18. The lowest BCUT2D eigenvalue weighted by Gasteiger charge is -2.23. The van der Waals surface area contributed by atoms with Gasteiger partial charge >= 0.3 is 0 Å². The van der Waals surface area contributed by atoms with E-state index in [2.05, 4.69) is 0 Å². The number of benzene rings is 2. The Kier molecular flexibility index (Phi) is 4.09. The first-order valence-corrected chi connectivity index (χ1v) is 7.37. The van der Waals surface area contributed by atoms with E-state index >= 15 is 0 Å². The van der Waals surface area contributed by atoms with Crippen LogP contribution in [0, 0.1) is 5.82 Å². The summed E-state index contributed by atoms with van der Waals surface area (Å²) in [5.74, 6) is -0.201. The molecular weight excluding hydrogens is 281 g/mol. The summed E-state index contributed by atoms with van der Waals surface area (Å²) < 4.78 is 18.7. The second-order valence-corrected chi connectivity index (χ2v) is 5.49. The average Bonchev–Trinajstić information content (AvgIpc) is 3.38. The van der Waals surface area contributed by atoms with Crippen molar-refractivity contribution in [3.05, 3.63) is 65.5 Å². The fraction of sp³-hybridized carbons (Fsp3) is 0.278. The summed E-state index contributed by atoms with van der Waals surface area (Å²) in [6.45, 7) is 0.532. The standard InChI is InChI=1S/C18H18FNO2/c1-22-17-10-7-14(19)11-16(17)18(21)20(15-8-9-15)12-13-5-3-2-4-6-13/h2-7,10-11,15H,8-9,12H2,1H3. The van der Waals surface area contributed by atoms with Gasteiger partial charge in [-0.1, -0.05) is 30.3 Å². The number of carbonyl (C=O) groups excluding carboxylic acids is 1. The molecule has 1 saturated carbocycles. The molecule has 22 heavy (non-hydrogen) atoms. The van der Waals surface area contributed by atoms with E-state index in [1.807, 2.05) is 35.2 Å². The Balaban J connectivity index is 1.89. The van der Waals surface area contributed by atoms with E-state index in [-0.39, 0.29) is 17.5 Å². The van der Waals surface area contributed by atoms with Gasteiger partial charge in [-0.3, -0.25) is 4.79 Å². The highest BCUT2D eigenvalue weighted by Crippen LogP contribution is 2.32. The first-order chi connectivity index (χ1) is 10.7. The number of amides is 1. The van der Waals surface area contributed by atoms with Gasteiger partial charge in [0.25, 0.3) is 5.91 Å². The molecule has 2 aromatic carbocycles. The molecule has 3 nitrogen and oxygen atoms in total. The van der Waals surface area contributed by atoms with Crippen molar-refractivity contribution >= 4 is 5.91 Å². The first kappa shape index (κ1) is 14.6. The van der Waals surface area contributed by atoms with E-state index in [1.165, 1.54) is 25.3 Å². The molecule has 1 aliphatic rings. The lowest BCUT2D eigenvalue weighted by molar-refractivity contribution is 0.0726. The number of rotatable bonds is 5. The molecule has 4 heteroatoms. The molecular formula is C18H18FNO2. The van der Waals surface area contributed by atoms with E-state index in [0.29, 0.717) is 12.3 Å². The molecule has 0 bridgehead atoms. The molecule has 2 aromatic rings. The van der Waals surface area contributed by atoms with Gasteiger partial charge in [0.15, 0.2) is 0 Å². The SMILES string of the molecule is COc1ccc(F)cc1C(=O)N(Cc1ccccc1)C1CC1. The van der Waals surface area contributed by atoms with Gasteiger partial charge in [-0.2, -0.15) is 0 Å². The van der Waals surface area contributed by atoms with Crippen LogP contribution in [0.25, 0.3) is 0 Å². The largest absolute Gasteiger partial charge is 0.496 e. The smallest absolute Gasteiger partial charge is 0.258 e. The number of hydrogen-bond acceptors (Lipinski definition) is 2. The first-order valence-electron chi connectivity index (χ1n) is 7.37. The molecule has 3 rings (SSSR count). The number of hydrogen-bond donors (Lipinski definition) is 0. The number of carbonyl (C=O) groups is 1. The van der Waals surface area contributed by atoms with Gasteiger partial charge in [-0.15, -0.1) is 0 Å². The van der Waals surface area contributed by atoms with Crippen molar-refractivity contribution in [2.75, 3.05) is 7.11 Å². The van der Waals surface area contributed by atoms with E-state index in [1.54, 1.807) is 0 Å². The predicted molar refractivity (Wildman–Crippen MR) is 82.3 cm³/mol. The molecule has 0 aromatic heterocycles. The zero-order valence-corrected chi connectivity index (χ0v) is 12.5. The Morgan fingerprint density at radius 2 is 1.95 bits per heavy atom. The fourth-order valence-corrected chi connectivity index (χ4v) is 2.54. The Hall–Kier alpha value is -2.36. The maximum Gasteiger partial charge on any atom is 0.258 e. The Bertz CT molecular complexity index is 668. The molecule has 114 valence electrons. The number of nitrogens with zero attached hydrogens (tertiary/aromatic N) is 1. The van der Waals surface area contributed by atoms with E-state index in [4.69, 9.17) is 4.74 Å². The van der Waals surface area contributed by atoms with Gasteiger partial charge < -0.3 is 9.64 Å². The Morgan fingerprint density at radius 1 is 1.23 bits per heavy atom. The highest BCUT2D eigenvalue weighted by atomic mass is 19.1. The van der Waals surface area contributed by atoms with Crippen molar-refractivity contribution < 1.29 is 13.9 Å². The van der Waals surface area contributed by atoms with Crippen molar-refractivity contribution in [1.82, 2.24) is 4.90 Å². The summed E-state index contributed by atoms with van der Waals surface area (Å²) in [5, 5.41) is 0. The monoisotopic (exact) mass is 299 g/mol. The van der Waals surface area contributed by atoms with Crippen LogP contribution >= 0.6 is 0 Å². The molecule has 0 saturated heterocycles. The summed E-state index contributed by atoms with van der Waals surface area (Å²) in [7, 11) is 1.49. The topological polar surface area (TPSA) is 29.5 Å². The lowest BCUT2D eigenvalue weighted by Crippen LogP contribution is -2.33.